The molecule has 0 aromatic carbocycles. The van der Waals surface area contributed by atoms with E-state index in [2.05, 4.69) is 15.5 Å². The van der Waals surface area contributed by atoms with Gasteiger partial charge in [-0.25, -0.2) is 0 Å². The van der Waals surface area contributed by atoms with Gasteiger partial charge in [0.1, 0.15) is 6.61 Å². The van der Waals surface area contributed by atoms with E-state index in [0.717, 1.165) is 12.3 Å². The number of aromatic nitrogens is 2. The average molecular weight is 141 g/mol. The molecule has 0 saturated heterocycles. The zero-order valence-corrected chi connectivity index (χ0v) is 5.92. The van der Waals surface area contributed by atoms with Gasteiger partial charge in [0, 0.05) is 6.54 Å². The zero-order chi connectivity index (χ0) is 7.23. The molecule has 0 saturated carbocycles. The van der Waals surface area contributed by atoms with Crippen LogP contribution >= 0.6 is 0 Å². The third-order valence-electron chi connectivity index (χ3n) is 1.09. The summed E-state index contributed by atoms with van der Waals surface area (Å²) in [5, 5.41) is 9.37. The number of ether oxygens (including phenoxy) is 1. The largest absolute Gasteiger partial charge is 0.489 e. The van der Waals surface area contributed by atoms with Gasteiger partial charge in [-0.2, -0.15) is 5.10 Å². The molecule has 0 fully saturated rings. The average Bonchev–Trinajstić information content (AvgIpc) is 2.41. The Morgan fingerprint density at radius 1 is 1.80 bits per heavy atom. The van der Waals surface area contributed by atoms with Crippen molar-refractivity contribution in [3.8, 4) is 5.75 Å². The molecule has 0 spiro atoms. The maximum absolute atomic E-state index is 5.23. The van der Waals surface area contributed by atoms with E-state index in [-0.39, 0.29) is 0 Å². The third-order valence-corrected chi connectivity index (χ3v) is 1.09. The van der Waals surface area contributed by atoms with Crippen molar-refractivity contribution in [1.82, 2.24) is 15.5 Å². The Bertz CT molecular complexity index is 162. The van der Waals surface area contributed by atoms with Crippen LogP contribution in [0, 0.1) is 0 Å². The highest BCUT2D eigenvalue weighted by Gasteiger charge is 1.90. The van der Waals surface area contributed by atoms with Gasteiger partial charge in [-0.3, -0.25) is 5.10 Å². The quantitative estimate of drug-likeness (QED) is 0.581. The highest BCUT2D eigenvalue weighted by Crippen LogP contribution is 2.03. The summed E-state index contributed by atoms with van der Waals surface area (Å²) in [7, 11) is 1.89. The van der Waals surface area contributed by atoms with Crippen molar-refractivity contribution in [1.29, 1.82) is 0 Å². The number of rotatable bonds is 4. The van der Waals surface area contributed by atoms with Crippen molar-refractivity contribution in [2.45, 2.75) is 0 Å². The molecule has 4 nitrogen and oxygen atoms in total. The van der Waals surface area contributed by atoms with Gasteiger partial charge >= 0.3 is 0 Å². The predicted octanol–water partition coefficient (Wildman–Crippen LogP) is 0.00790. The monoisotopic (exact) mass is 141 g/mol. The van der Waals surface area contributed by atoms with Gasteiger partial charge in [0.25, 0.3) is 0 Å². The van der Waals surface area contributed by atoms with E-state index in [0.29, 0.717) is 6.61 Å². The molecule has 56 valence electrons. The number of aromatic amines is 1. The van der Waals surface area contributed by atoms with Crippen molar-refractivity contribution in [3.05, 3.63) is 12.4 Å². The van der Waals surface area contributed by atoms with E-state index in [1.807, 2.05) is 7.05 Å². The lowest BCUT2D eigenvalue weighted by Gasteiger charge is -2.00. The maximum atomic E-state index is 5.23. The lowest BCUT2D eigenvalue weighted by molar-refractivity contribution is 0.318. The molecule has 0 atom stereocenters. The van der Waals surface area contributed by atoms with Crippen molar-refractivity contribution >= 4 is 0 Å². The predicted molar refractivity (Wildman–Crippen MR) is 38.0 cm³/mol. The van der Waals surface area contributed by atoms with Gasteiger partial charge in [0.2, 0.25) is 0 Å². The van der Waals surface area contributed by atoms with Crippen LogP contribution in [0.2, 0.25) is 0 Å². The number of nitrogens with zero attached hydrogens (tertiary/aromatic N) is 1. The molecule has 0 radical (unpaired) electrons. The third kappa shape index (κ3) is 2.06. The van der Waals surface area contributed by atoms with E-state index in [9.17, 15) is 0 Å². The molecular formula is C6H11N3O. The highest BCUT2D eigenvalue weighted by molar-refractivity contribution is 5.09. The first-order chi connectivity index (χ1) is 4.93. The van der Waals surface area contributed by atoms with Crippen molar-refractivity contribution in [2.75, 3.05) is 20.2 Å². The number of H-pyrrole nitrogens is 1. The summed E-state index contributed by atoms with van der Waals surface area (Å²) in [6.07, 6.45) is 3.37. The molecule has 0 aliphatic heterocycles. The normalized spacial score (nSPS) is 9.70. The molecule has 1 aromatic rings. The summed E-state index contributed by atoms with van der Waals surface area (Å²) in [5.74, 6) is 0.787. The molecule has 0 bridgehead atoms. The summed E-state index contributed by atoms with van der Waals surface area (Å²) < 4.78 is 5.23. The minimum atomic E-state index is 0.677. The molecule has 0 aliphatic carbocycles. The van der Waals surface area contributed by atoms with E-state index >= 15 is 0 Å². The van der Waals surface area contributed by atoms with Crippen LogP contribution in [0.5, 0.6) is 5.75 Å². The van der Waals surface area contributed by atoms with E-state index in [1.165, 1.54) is 0 Å². The maximum Gasteiger partial charge on any atom is 0.156 e. The van der Waals surface area contributed by atoms with E-state index < -0.39 is 0 Å². The van der Waals surface area contributed by atoms with Gasteiger partial charge in [0.15, 0.2) is 5.75 Å². The topological polar surface area (TPSA) is 49.9 Å². The second-order valence-corrected chi connectivity index (χ2v) is 1.89. The number of hydrogen-bond acceptors (Lipinski definition) is 3. The number of hydrogen-bond donors (Lipinski definition) is 2. The molecule has 1 heterocycles. The highest BCUT2D eigenvalue weighted by atomic mass is 16.5. The van der Waals surface area contributed by atoms with Gasteiger partial charge in [-0.05, 0) is 7.05 Å². The van der Waals surface area contributed by atoms with Crippen LogP contribution < -0.4 is 10.1 Å². The molecule has 1 rings (SSSR count). The van der Waals surface area contributed by atoms with Crippen LogP contribution in [-0.4, -0.2) is 30.4 Å². The first kappa shape index (κ1) is 7.08. The summed E-state index contributed by atoms with van der Waals surface area (Å²) in [6.45, 7) is 1.53. The van der Waals surface area contributed by atoms with E-state index in [4.69, 9.17) is 4.74 Å². The Morgan fingerprint density at radius 2 is 2.70 bits per heavy atom. The minimum Gasteiger partial charge on any atom is -0.489 e. The zero-order valence-electron chi connectivity index (χ0n) is 5.92. The summed E-state index contributed by atoms with van der Waals surface area (Å²) >= 11 is 0. The fourth-order valence-electron chi connectivity index (χ4n) is 0.589. The lowest BCUT2D eigenvalue weighted by atomic mass is 10.6. The summed E-state index contributed by atoms with van der Waals surface area (Å²) in [4.78, 5) is 0. The molecule has 4 heteroatoms. The fourth-order valence-corrected chi connectivity index (χ4v) is 0.589. The summed E-state index contributed by atoms with van der Waals surface area (Å²) in [5.41, 5.74) is 0. The lowest BCUT2D eigenvalue weighted by Crippen LogP contribution is -2.15. The molecule has 0 unspecified atom stereocenters. The van der Waals surface area contributed by atoms with Crippen molar-refractivity contribution in [2.24, 2.45) is 0 Å². The molecule has 2 N–H and O–H groups in total. The van der Waals surface area contributed by atoms with Gasteiger partial charge in [0.05, 0.1) is 12.4 Å². The number of likely N-dealkylation sites (N-methyl/N-ethyl adjacent to an activating group) is 1. The molecule has 0 amide bonds. The molecular weight excluding hydrogens is 130 g/mol. The first-order valence-electron chi connectivity index (χ1n) is 3.19. The Morgan fingerprint density at radius 3 is 3.30 bits per heavy atom. The second kappa shape index (κ2) is 3.90. The molecule has 0 aliphatic rings. The smallest absolute Gasteiger partial charge is 0.156 e. The van der Waals surface area contributed by atoms with Gasteiger partial charge in [-0.1, -0.05) is 0 Å². The Hall–Kier alpha value is -1.03. The Balaban J connectivity index is 2.15. The van der Waals surface area contributed by atoms with Crippen LogP contribution in [0.1, 0.15) is 0 Å². The minimum absolute atomic E-state index is 0.677. The Labute approximate surface area is 59.6 Å². The van der Waals surface area contributed by atoms with Gasteiger partial charge < -0.3 is 10.1 Å². The standard InChI is InChI=1S/C6H11N3O/c1-7-2-3-10-6-4-8-9-5-6/h4-5,7H,2-3H2,1H3,(H,8,9). The van der Waals surface area contributed by atoms with Crippen LogP contribution in [0.3, 0.4) is 0 Å². The van der Waals surface area contributed by atoms with Crippen LogP contribution in [0.25, 0.3) is 0 Å². The van der Waals surface area contributed by atoms with Gasteiger partial charge in [-0.15, -0.1) is 0 Å². The molecule has 1 aromatic heterocycles. The number of nitrogens with one attached hydrogen (secondary N) is 2. The molecule has 10 heavy (non-hydrogen) atoms. The second-order valence-electron chi connectivity index (χ2n) is 1.89. The van der Waals surface area contributed by atoms with Crippen molar-refractivity contribution in [3.63, 3.8) is 0 Å². The van der Waals surface area contributed by atoms with Crippen LogP contribution in [-0.2, 0) is 0 Å². The summed E-state index contributed by atoms with van der Waals surface area (Å²) in [6, 6.07) is 0. The van der Waals surface area contributed by atoms with Crippen LogP contribution in [0.15, 0.2) is 12.4 Å². The fraction of sp³-hybridized carbons (Fsp3) is 0.500. The van der Waals surface area contributed by atoms with Crippen molar-refractivity contribution < 1.29 is 4.74 Å². The SMILES string of the molecule is CNCCOc1cn[nH]c1. The Kier molecular flexibility index (Phi) is 2.76. The van der Waals surface area contributed by atoms with E-state index in [1.54, 1.807) is 12.4 Å². The first-order valence-corrected chi connectivity index (χ1v) is 3.19. The van der Waals surface area contributed by atoms with Crippen LogP contribution in [0.4, 0.5) is 0 Å².